The van der Waals surface area contributed by atoms with E-state index in [-0.39, 0.29) is 32.2 Å². The minimum atomic E-state index is -0.111. The van der Waals surface area contributed by atoms with Crippen LogP contribution in [0, 0.1) is 6.07 Å². The number of nitrogens with zero attached hydrogens (tertiary/aromatic N) is 3. The van der Waals surface area contributed by atoms with Crippen molar-refractivity contribution < 1.29 is 26.2 Å². The van der Waals surface area contributed by atoms with Crippen molar-refractivity contribution in [1.82, 2.24) is 14.5 Å². The summed E-state index contributed by atoms with van der Waals surface area (Å²) in [6.45, 7) is 6.56. The number of aromatic nitrogens is 3. The Hall–Kier alpha value is -3.92. The second-order valence-electron chi connectivity index (χ2n) is 11.2. The van der Waals surface area contributed by atoms with Crippen LogP contribution in [0.2, 0.25) is 0 Å². The van der Waals surface area contributed by atoms with E-state index in [4.69, 9.17) is 9.97 Å². The summed E-state index contributed by atoms with van der Waals surface area (Å²) < 4.78 is 2.20. The van der Waals surface area contributed by atoms with Crippen molar-refractivity contribution in [2.24, 2.45) is 0 Å². The molecule has 3 heterocycles. The van der Waals surface area contributed by atoms with Gasteiger partial charge in [0.15, 0.2) is 0 Å². The number of para-hydroxylation sites is 2. The fourth-order valence-corrected chi connectivity index (χ4v) is 6.34. The second-order valence-corrected chi connectivity index (χ2v) is 12.3. The number of phenols is 1. The summed E-state index contributed by atoms with van der Waals surface area (Å²) in [4.78, 5) is 10.6. The molecule has 0 saturated heterocycles. The molecular formula is C36H28N3OPtS-. The summed E-state index contributed by atoms with van der Waals surface area (Å²) in [7, 11) is 0. The van der Waals surface area contributed by atoms with Crippen molar-refractivity contribution in [3.8, 4) is 22.7 Å². The smallest absolute Gasteiger partial charge is 0.141 e. The van der Waals surface area contributed by atoms with Gasteiger partial charge < -0.3 is 9.67 Å². The van der Waals surface area contributed by atoms with Gasteiger partial charge in [0.1, 0.15) is 17.1 Å². The maximum atomic E-state index is 10.7. The van der Waals surface area contributed by atoms with Crippen molar-refractivity contribution >= 4 is 44.5 Å². The monoisotopic (exact) mass is 745 g/mol. The molecule has 4 nitrogen and oxygen atoms in total. The van der Waals surface area contributed by atoms with Crippen molar-refractivity contribution in [3.63, 3.8) is 0 Å². The van der Waals surface area contributed by atoms with Crippen molar-refractivity contribution in [1.29, 1.82) is 0 Å². The minimum Gasteiger partial charge on any atom is -0.506 e. The molecule has 0 radical (unpaired) electrons. The number of phenolic OH excluding ortho intramolecular Hbond substituents is 1. The quantitative estimate of drug-likeness (QED) is 0.183. The fourth-order valence-electron chi connectivity index (χ4n) is 5.52. The Labute approximate surface area is 263 Å². The predicted octanol–water partition coefficient (Wildman–Crippen LogP) is 9.35. The van der Waals surface area contributed by atoms with E-state index in [0.29, 0.717) is 5.52 Å². The van der Waals surface area contributed by atoms with Crippen LogP contribution in [0.15, 0.2) is 119 Å². The molecule has 1 N–H and O–H groups in total. The summed E-state index contributed by atoms with van der Waals surface area (Å²) in [6.07, 6.45) is 1.87. The van der Waals surface area contributed by atoms with Crippen LogP contribution < -0.4 is 0 Å². The summed E-state index contributed by atoms with van der Waals surface area (Å²) in [5, 5.41) is 14.7. The zero-order valence-corrected chi connectivity index (χ0v) is 26.5. The maximum absolute atomic E-state index is 10.7. The predicted molar refractivity (Wildman–Crippen MR) is 169 cm³/mol. The Morgan fingerprint density at radius 3 is 2.33 bits per heavy atom. The number of aromatic hydroxyl groups is 1. The van der Waals surface area contributed by atoms with E-state index in [0.717, 1.165) is 59.6 Å². The third kappa shape index (κ3) is 5.02. The molecule has 0 spiro atoms. The Morgan fingerprint density at radius 2 is 1.52 bits per heavy atom. The first kappa shape index (κ1) is 28.2. The van der Waals surface area contributed by atoms with E-state index in [1.807, 2.05) is 30.5 Å². The van der Waals surface area contributed by atoms with E-state index < -0.39 is 0 Å². The maximum Gasteiger partial charge on any atom is 0.141 e. The first-order valence-electron chi connectivity index (χ1n) is 13.7. The molecule has 0 amide bonds. The molecule has 0 saturated carbocycles. The fraction of sp³-hybridized carbons (Fsp3) is 0.111. The van der Waals surface area contributed by atoms with Crippen LogP contribution in [0.5, 0.6) is 5.75 Å². The number of hydrogen-bond donors (Lipinski definition) is 1. The van der Waals surface area contributed by atoms with Gasteiger partial charge in [0.2, 0.25) is 0 Å². The molecule has 7 rings (SSSR count). The van der Waals surface area contributed by atoms with Crippen LogP contribution in [0.4, 0.5) is 0 Å². The van der Waals surface area contributed by atoms with Crippen LogP contribution in [0.1, 0.15) is 26.3 Å². The van der Waals surface area contributed by atoms with E-state index in [9.17, 15) is 5.11 Å². The topological polar surface area (TPSA) is 50.9 Å². The van der Waals surface area contributed by atoms with Gasteiger partial charge in [-0.25, -0.2) is 9.97 Å². The second kappa shape index (κ2) is 11.1. The third-order valence-electron chi connectivity index (χ3n) is 7.46. The van der Waals surface area contributed by atoms with Crippen LogP contribution in [0.3, 0.4) is 0 Å². The number of hydrogen-bond acceptors (Lipinski definition) is 4. The van der Waals surface area contributed by atoms with Gasteiger partial charge in [0.25, 0.3) is 0 Å². The number of fused-ring (bicyclic) bond motifs is 4. The molecule has 0 aliphatic rings. The molecule has 0 aliphatic heterocycles. The van der Waals surface area contributed by atoms with E-state index >= 15 is 0 Å². The van der Waals surface area contributed by atoms with Gasteiger partial charge in [-0.3, -0.25) is 0 Å². The normalized spacial score (nSPS) is 11.7. The number of rotatable bonds is 4. The van der Waals surface area contributed by atoms with Crippen LogP contribution in [0.25, 0.3) is 49.7 Å². The molecule has 6 heteroatoms. The van der Waals surface area contributed by atoms with E-state index in [1.54, 1.807) is 17.8 Å². The number of benzene rings is 4. The van der Waals surface area contributed by atoms with E-state index in [2.05, 4.69) is 104 Å². The van der Waals surface area contributed by atoms with Crippen LogP contribution in [-0.2, 0) is 26.5 Å². The Kier molecular flexibility index (Phi) is 7.42. The molecule has 210 valence electrons. The molecular weight excluding hydrogens is 718 g/mol. The third-order valence-corrected chi connectivity index (χ3v) is 8.33. The number of pyridine rings is 2. The van der Waals surface area contributed by atoms with E-state index in [1.165, 1.54) is 0 Å². The zero-order valence-electron chi connectivity index (χ0n) is 23.4. The Morgan fingerprint density at radius 1 is 0.762 bits per heavy atom. The summed E-state index contributed by atoms with van der Waals surface area (Å²) >= 11 is 1.56. The molecule has 0 atom stereocenters. The van der Waals surface area contributed by atoms with Gasteiger partial charge in [0.05, 0.1) is 5.03 Å². The summed E-state index contributed by atoms with van der Waals surface area (Å²) in [5.74, 6) is 1.04. The Bertz CT molecular complexity index is 2080. The van der Waals surface area contributed by atoms with Crippen molar-refractivity contribution in [2.75, 3.05) is 0 Å². The Balaban J connectivity index is 0.00000316. The van der Waals surface area contributed by atoms with Crippen molar-refractivity contribution in [3.05, 3.63) is 121 Å². The van der Waals surface area contributed by atoms with Gasteiger partial charge >= 0.3 is 0 Å². The average molecular weight is 746 g/mol. The van der Waals surface area contributed by atoms with Crippen LogP contribution >= 0.6 is 11.8 Å². The largest absolute Gasteiger partial charge is 0.506 e. The molecule has 0 unspecified atom stereocenters. The van der Waals surface area contributed by atoms with Gasteiger partial charge in [-0.15, -0.1) is 11.5 Å². The first-order chi connectivity index (χ1) is 19.9. The van der Waals surface area contributed by atoms with Gasteiger partial charge in [-0.2, -0.15) is 12.1 Å². The van der Waals surface area contributed by atoms with Gasteiger partial charge in [-0.05, 0) is 57.8 Å². The molecule has 0 aliphatic carbocycles. The zero-order chi connectivity index (χ0) is 28.1. The average Bonchev–Trinajstić information content (AvgIpc) is 3.31. The summed E-state index contributed by atoms with van der Waals surface area (Å²) in [6, 6.07) is 38.7. The minimum absolute atomic E-state index is 0. The first-order valence-corrected chi connectivity index (χ1v) is 14.5. The molecule has 3 aromatic heterocycles. The van der Waals surface area contributed by atoms with Crippen molar-refractivity contribution in [2.45, 2.75) is 36.1 Å². The van der Waals surface area contributed by atoms with Gasteiger partial charge in [0, 0.05) is 38.2 Å². The molecule has 4 aromatic carbocycles. The van der Waals surface area contributed by atoms with Gasteiger partial charge in [-0.1, -0.05) is 104 Å². The molecule has 7 aromatic rings. The molecule has 0 fully saturated rings. The molecule has 0 bridgehead atoms. The molecule has 42 heavy (non-hydrogen) atoms. The summed E-state index contributed by atoms with van der Waals surface area (Å²) in [5.41, 5.74) is 5.98. The van der Waals surface area contributed by atoms with Crippen LogP contribution in [-0.4, -0.2) is 19.6 Å². The SMILES string of the molecule is CC(C)(C)c1cc(Sc2[c-]c3c(cc2)c2ccccc2n3-c2cc(-c3ccccc3)ccn2)nc2c(O)cccc12.[Pt]. The standard InChI is InChI=1S/C36H28N3OS.Pt/c1-36(2,3)29-22-34(38-35-28(29)13-9-15-32(35)40)41-25-16-17-27-26-12-7-8-14-30(26)39(31(27)21-25)33-20-24(18-19-37-33)23-10-5-4-6-11-23;/h4-20,22,40H,1-3H3;/q-1;.